The second-order valence-corrected chi connectivity index (χ2v) is 6.29. The lowest BCUT2D eigenvalue weighted by Crippen LogP contribution is -3.00. The molecular formula is C8H14ClF6NS2. The molecule has 0 aromatic heterocycles. The molecule has 0 aliphatic heterocycles. The second kappa shape index (κ2) is 7.96. The highest BCUT2D eigenvalue weighted by molar-refractivity contribution is 8.00. The zero-order valence-corrected chi connectivity index (χ0v) is 12.1. The molecule has 0 aromatic carbocycles. The number of quaternary nitrogens is 1. The summed E-state index contributed by atoms with van der Waals surface area (Å²) in [5, 5.41) is 0. The molecular weight excluding hydrogens is 324 g/mol. The lowest BCUT2D eigenvalue weighted by Gasteiger charge is -2.29. The predicted molar refractivity (Wildman–Crippen MR) is 58.9 cm³/mol. The minimum Gasteiger partial charge on any atom is -1.00 e. The minimum absolute atomic E-state index is 0. The predicted octanol–water partition coefficient (Wildman–Crippen LogP) is 0.573. The van der Waals surface area contributed by atoms with Gasteiger partial charge in [0, 0.05) is 0 Å². The van der Waals surface area contributed by atoms with Crippen LogP contribution in [0.4, 0.5) is 26.3 Å². The van der Waals surface area contributed by atoms with Gasteiger partial charge in [0.2, 0.25) is 0 Å². The smallest absolute Gasteiger partial charge is 0.442 e. The summed E-state index contributed by atoms with van der Waals surface area (Å²) in [6.07, 6.45) is 0. The fourth-order valence-electron chi connectivity index (χ4n) is 0.929. The summed E-state index contributed by atoms with van der Waals surface area (Å²) >= 11 is -0.290. The molecule has 112 valence electrons. The first-order valence-electron chi connectivity index (χ1n) is 4.65. The molecule has 10 heteroatoms. The van der Waals surface area contributed by atoms with Crippen molar-refractivity contribution in [1.29, 1.82) is 0 Å². The van der Waals surface area contributed by atoms with Gasteiger partial charge >= 0.3 is 11.0 Å². The van der Waals surface area contributed by atoms with Crippen LogP contribution in [-0.4, -0.2) is 54.2 Å². The largest absolute Gasteiger partial charge is 1.00 e. The Morgan fingerprint density at radius 1 is 0.778 bits per heavy atom. The Morgan fingerprint density at radius 2 is 1.06 bits per heavy atom. The fraction of sp³-hybridized carbons (Fsp3) is 1.00. The van der Waals surface area contributed by atoms with Crippen molar-refractivity contribution in [3.63, 3.8) is 0 Å². The van der Waals surface area contributed by atoms with Crippen molar-refractivity contribution < 1.29 is 43.2 Å². The Bertz CT molecular complexity index is 209. The van der Waals surface area contributed by atoms with Crippen LogP contribution in [0.15, 0.2) is 0 Å². The van der Waals surface area contributed by atoms with Crippen molar-refractivity contribution in [1.82, 2.24) is 0 Å². The van der Waals surface area contributed by atoms with E-state index in [0.29, 0.717) is 0 Å². The molecule has 0 saturated heterocycles. The highest BCUT2D eigenvalue weighted by atomic mass is 35.5. The number of nitrogens with zero attached hydrogens (tertiary/aromatic N) is 1. The van der Waals surface area contributed by atoms with E-state index in [9.17, 15) is 26.3 Å². The highest BCUT2D eigenvalue weighted by Crippen LogP contribution is 2.31. The SMILES string of the molecule is C[N+](C)(CCSC(F)(F)F)CCSC(F)(F)F.[Cl-]. The maximum absolute atomic E-state index is 11.8. The van der Waals surface area contributed by atoms with E-state index in [1.807, 2.05) is 0 Å². The molecule has 0 spiro atoms. The van der Waals surface area contributed by atoms with Crippen molar-refractivity contribution in [2.45, 2.75) is 11.0 Å². The molecule has 0 saturated carbocycles. The Balaban J connectivity index is 0. The van der Waals surface area contributed by atoms with Crippen molar-refractivity contribution in [3.05, 3.63) is 0 Å². The number of rotatable bonds is 6. The van der Waals surface area contributed by atoms with E-state index >= 15 is 0 Å². The van der Waals surface area contributed by atoms with Gasteiger partial charge in [-0.25, -0.2) is 0 Å². The van der Waals surface area contributed by atoms with Gasteiger partial charge in [0.25, 0.3) is 0 Å². The van der Waals surface area contributed by atoms with Crippen LogP contribution in [0, 0.1) is 0 Å². The lowest BCUT2D eigenvalue weighted by molar-refractivity contribution is -0.885. The van der Waals surface area contributed by atoms with Gasteiger partial charge in [-0.2, -0.15) is 26.3 Å². The van der Waals surface area contributed by atoms with Gasteiger partial charge in [-0.3, -0.25) is 0 Å². The van der Waals surface area contributed by atoms with Crippen LogP contribution < -0.4 is 12.4 Å². The van der Waals surface area contributed by atoms with Crippen molar-refractivity contribution in [3.8, 4) is 0 Å². The maximum atomic E-state index is 11.8. The summed E-state index contributed by atoms with van der Waals surface area (Å²) in [6.45, 7) is 0.366. The van der Waals surface area contributed by atoms with Crippen molar-refractivity contribution in [2.24, 2.45) is 0 Å². The quantitative estimate of drug-likeness (QED) is 0.513. The molecule has 0 radical (unpaired) electrons. The Kier molecular flexibility index (Phi) is 9.22. The summed E-state index contributed by atoms with van der Waals surface area (Å²) in [5.74, 6) is -0.291. The summed E-state index contributed by atoms with van der Waals surface area (Å²) < 4.78 is 71.2. The number of hydrogen-bond donors (Lipinski definition) is 0. The molecule has 0 rings (SSSR count). The topological polar surface area (TPSA) is 0 Å². The Hall–Kier alpha value is 0.530. The summed E-state index contributed by atoms with van der Waals surface area (Å²) in [4.78, 5) is 0. The van der Waals surface area contributed by atoms with Crippen LogP contribution in [0.2, 0.25) is 0 Å². The molecule has 18 heavy (non-hydrogen) atoms. The van der Waals surface area contributed by atoms with E-state index in [0.717, 1.165) is 0 Å². The molecule has 0 unspecified atom stereocenters. The van der Waals surface area contributed by atoms with Gasteiger partial charge in [0.05, 0.1) is 38.7 Å². The van der Waals surface area contributed by atoms with Crippen LogP contribution >= 0.6 is 23.5 Å². The highest BCUT2D eigenvalue weighted by Gasteiger charge is 2.31. The first-order valence-corrected chi connectivity index (χ1v) is 6.62. The summed E-state index contributed by atoms with van der Waals surface area (Å²) in [6, 6.07) is 0. The number of alkyl halides is 6. The van der Waals surface area contributed by atoms with Gasteiger partial charge in [0.15, 0.2) is 0 Å². The van der Waals surface area contributed by atoms with Gasteiger partial charge < -0.3 is 16.9 Å². The summed E-state index contributed by atoms with van der Waals surface area (Å²) in [5.41, 5.74) is -8.55. The molecule has 0 aliphatic carbocycles. The standard InChI is InChI=1S/C8H14F6NS2.ClH/c1-15(2,3-5-16-7(9,10)11)4-6-17-8(12,13)14;/h3-6H2,1-2H3;1H/q+1;/p-1. The number of halogens is 7. The Labute approximate surface area is 117 Å². The zero-order chi connectivity index (χ0) is 13.7. The third-order valence-electron chi connectivity index (χ3n) is 1.92. The van der Waals surface area contributed by atoms with Crippen LogP contribution in [-0.2, 0) is 0 Å². The van der Waals surface area contributed by atoms with E-state index in [1.165, 1.54) is 0 Å². The molecule has 0 bridgehead atoms. The van der Waals surface area contributed by atoms with E-state index in [2.05, 4.69) is 0 Å². The molecule has 0 amide bonds. The maximum Gasteiger partial charge on any atom is 0.442 e. The molecule has 0 aromatic rings. The van der Waals surface area contributed by atoms with Gasteiger partial charge in [-0.05, 0) is 23.5 Å². The normalized spacial score (nSPS) is 13.3. The molecule has 0 atom stereocenters. The van der Waals surface area contributed by atoms with Crippen LogP contribution in [0.1, 0.15) is 0 Å². The molecule has 1 nitrogen and oxygen atoms in total. The van der Waals surface area contributed by atoms with E-state index in [4.69, 9.17) is 0 Å². The number of thioether (sulfide) groups is 2. The van der Waals surface area contributed by atoms with E-state index in [1.54, 1.807) is 14.1 Å². The first-order chi connectivity index (χ1) is 7.41. The minimum atomic E-state index is -4.28. The van der Waals surface area contributed by atoms with Gasteiger partial charge in [-0.1, -0.05) is 0 Å². The van der Waals surface area contributed by atoms with E-state index in [-0.39, 0.29) is 65.0 Å². The molecule has 0 aliphatic rings. The second-order valence-electron chi connectivity index (χ2n) is 3.97. The third kappa shape index (κ3) is 14.6. The van der Waals surface area contributed by atoms with Crippen LogP contribution in [0.25, 0.3) is 0 Å². The molecule has 0 N–H and O–H groups in total. The average Bonchev–Trinajstić information content (AvgIpc) is 1.96. The van der Waals surface area contributed by atoms with Crippen LogP contribution in [0.5, 0.6) is 0 Å². The third-order valence-corrected chi connectivity index (χ3v) is 3.35. The van der Waals surface area contributed by atoms with Crippen molar-refractivity contribution >= 4 is 23.5 Å². The van der Waals surface area contributed by atoms with Crippen molar-refractivity contribution in [2.75, 3.05) is 38.7 Å². The zero-order valence-electron chi connectivity index (χ0n) is 9.74. The Morgan fingerprint density at radius 3 is 1.28 bits per heavy atom. The average molecular weight is 338 g/mol. The summed E-state index contributed by atoms with van der Waals surface area (Å²) in [7, 11) is 3.24. The fourth-order valence-corrected chi connectivity index (χ4v) is 2.56. The monoisotopic (exact) mass is 337 g/mol. The molecule has 0 heterocycles. The lowest BCUT2D eigenvalue weighted by atomic mass is 10.5. The van der Waals surface area contributed by atoms with Crippen LogP contribution in [0.3, 0.4) is 0 Å². The molecule has 0 fully saturated rings. The van der Waals surface area contributed by atoms with E-state index < -0.39 is 11.0 Å². The van der Waals surface area contributed by atoms with Gasteiger partial charge in [0.1, 0.15) is 0 Å². The van der Waals surface area contributed by atoms with Gasteiger partial charge in [-0.15, -0.1) is 0 Å². The first kappa shape index (κ1) is 20.8. The number of hydrogen-bond acceptors (Lipinski definition) is 2.